The van der Waals surface area contributed by atoms with E-state index in [0.717, 1.165) is 0 Å². The summed E-state index contributed by atoms with van der Waals surface area (Å²) in [5.74, 6) is -0.0935. The molecule has 1 amide bonds. The van der Waals surface area contributed by atoms with Crippen molar-refractivity contribution >= 4 is 5.91 Å². The SMILES string of the molecule is CCC(C)(N)C(=O)N(CCO)C(C)C. The Balaban J connectivity index is 4.59. The van der Waals surface area contributed by atoms with Crippen molar-refractivity contribution < 1.29 is 9.90 Å². The molecule has 0 fully saturated rings. The zero-order valence-corrected chi connectivity index (χ0v) is 9.58. The fourth-order valence-corrected chi connectivity index (χ4v) is 1.18. The van der Waals surface area contributed by atoms with E-state index >= 15 is 0 Å². The number of hydrogen-bond donors (Lipinski definition) is 2. The topological polar surface area (TPSA) is 66.6 Å². The minimum absolute atomic E-state index is 0.0241. The summed E-state index contributed by atoms with van der Waals surface area (Å²) in [6.45, 7) is 7.77. The first-order valence-electron chi connectivity index (χ1n) is 5.07. The minimum atomic E-state index is -0.820. The molecule has 3 N–H and O–H groups in total. The van der Waals surface area contributed by atoms with Gasteiger partial charge < -0.3 is 15.7 Å². The van der Waals surface area contributed by atoms with Crippen LogP contribution < -0.4 is 5.73 Å². The first-order valence-corrected chi connectivity index (χ1v) is 5.07. The number of aliphatic hydroxyl groups is 1. The third-order valence-corrected chi connectivity index (χ3v) is 2.45. The predicted molar refractivity (Wildman–Crippen MR) is 56.8 cm³/mol. The third-order valence-electron chi connectivity index (χ3n) is 2.45. The van der Waals surface area contributed by atoms with Gasteiger partial charge in [-0.1, -0.05) is 6.92 Å². The van der Waals surface area contributed by atoms with Crippen LogP contribution in [0.4, 0.5) is 0 Å². The van der Waals surface area contributed by atoms with Crippen molar-refractivity contribution in [2.45, 2.75) is 45.7 Å². The number of aliphatic hydroxyl groups excluding tert-OH is 1. The summed E-state index contributed by atoms with van der Waals surface area (Å²) in [6.07, 6.45) is 0.598. The zero-order chi connectivity index (χ0) is 11.4. The average Bonchev–Trinajstić information content (AvgIpc) is 2.12. The molecule has 0 aliphatic carbocycles. The number of carbonyl (C=O) groups is 1. The molecule has 0 aliphatic rings. The van der Waals surface area contributed by atoms with Crippen molar-refractivity contribution in [3.8, 4) is 0 Å². The molecule has 4 heteroatoms. The normalized spacial score (nSPS) is 15.4. The Bertz CT molecular complexity index is 191. The van der Waals surface area contributed by atoms with Crippen LogP contribution >= 0.6 is 0 Å². The largest absolute Gasteiger partial charge is 0.395 e. The molecule has 1 atom stereocenters. The number of nitrogens with two attached hydrogens (primary N) is 1. The predicted octanol–water partition coefficient (Wildman–Crippen LogP) is 0.343. The van der Waals surface area contributed by atoms with Crippen molar-refractivity contribution in [1.82, 2.24) is 4.90 Å². The molecule has 0 heterocycles. The summed E-state index contributed by atoms with van der Waals surface area (Å²) >= 11 is 0. The maximum absolute atomic E-state index is 11.9. The molecule has 0 saturated heterocycles. The van der Waals surface area contributed by atoms with Crippen LogP contribution in [-0.4, -0.2) is 40.6 Å². The van der Waals surface area contributed by atoms with Crippen molar-refractivity contribution in [3.05, 3.63) is 0 Å². The van der Waals surface area contributed by atoms with E-state index in [4.69, 9.17) is 10.8 Å². The molecule has 0 radical (unpaired) electrons. The molecular formula is C10H22N2O2. The van der Waals surface area contributed by atoms with Gasteiger partial charge in [0.25, 0.3) is 0 Å². The number of nitrogens with zero attached hydrogens (tertiary/aromatic N) is 1. The Morgan fingerprint density at radius 2 is 2.07 bits per heavy atom. The van der Waals surface area contributed by atoms with E-state index in [-0.39, 0.29) is 18.6 Å². The van der Waals surface area contributed by atoms with Crippen molar-refractivity contribution in [2.75, 3.05) is 13.2 Å². The van der Waals surface area contributed by atoms with E-state index in [9.17, 15) is 4.79 Å². The minimum Gasteiger partial charge on any atom is -0.395 e. The van der Waals surface area contributed by atoms with Gasteiger partial charge in [-0.3, -0.25) is 4.79 Å². The molecule has 4 nitrogen and oxygen atoms in total. The smallest absolute Gasteiger partial charge is 0.242 e. The quantitative estimate of drug-likeness (QED) is 0.675. The molecule has 0 aromatic heterocycles. The molecule has 0 spiro atoms. The summed E-state index contributed by atoms with van der Waals surface area (Å²) in [6, 6.07) is 0.0732. The summed E-state index contributed by atoms with van der Waals surface area (Å²) in [5.41, 5.74) is 5.04. The number of amides is 1. The maximum Gasteiger partial charge on any atom is 0.242 e. The molecule has 0 aliphatic heterocycles. The first-order chi connectivity index (χ1) is 6.36. The highest BCUT2D eigenvalue weighted by Crippen LogP contribution is 2.12. The van der Waals surface area contributed by atoms with E-state index in [1.54, 1.807) is 11.8 Å². The van der Waals surface area contributed by atoms with Gasteiger partial charge in [0.05, 0.1) is 12.1 Å². The van der Waals surface area contributed by atoms with Gasteiger partial charge in [-0.05, 0) is 27.2 Å². The van der Waals surface area contributed by atoms with Gasteiger partial charge in [0.1, 0.15) is 0 Å². The molecular weight excluding hydrogens is 180 g/mol. The lowest BCUT2D eigenvalue weighted by molar-refractivity contribution is -0.138. The highest BCUT2D eigenvalue weighted by Gasteiger charge is 2.31. The summed E-state index contributed by atoms with van der Waals surface area (Å²) < 4.78 is 0. The lowest BCUT2D eigenvalue weighted by Gasteiger charge is -2.33. The van der Waals surface area contributed by atoms with E-state index < -0.39 is 5.54 Å². The highest BCUT2D eigenvalue weighted by atomic mass is 16.3. The van der Waals surface area contributed by atoms with Crippen LogP contribution in [0.1, 0.15) is 34.1 Å². The van der Waals surface area contributed by atoms with Crippen molar-refractivity contribution in [3.63, 3.8) is 0 Å². The fourth-order valence-electron chi connectivity index (χ4n) is 1.18. The van der Waals surface area contributed by atoms with E-state index in [1.807, 2.05) is 20.8 Å². The van der Waals surface area contributed by atoms with Crippen molar-refractivity contribution in [2.24, 2.45) is 5.73 Å². The van der Waals surface area contributed by atoms with Gasteiger partial charge in [-0.2, -0.15) is 0 Å². The Kier molecular flexibility index (Phi) is 5.08. The van der Waals surface area contributed by atoms with Crippen LogP contribution in [0.5, 0.6) is 0 Å². The van der Waals surface area contributed by atoms with Crippen LogP contribution in [0.15, 0.2) is 0 Å². The van der Waals surface area contributed by atoms with Gasteiger partial charge in [0.15, 0.2) is 0 Å². The molecule has 14 heavy (non-hydrogen) atoms. The van der Waals surface area contributed by atoms with Gasteiger partial charge in [-0.15, -0.1) is 0 Å². The van der Waals surface area contributed by atoms with Gasteiger partial charge in [0.2, 0.25) is 5.91 Å². The lowest BCUT2D eigenvalue weighted by Crippen LogP contribution is -2.55. The van der Waals surface area contributed by atoms with Crippen molar-refractivity contribution in [1.29, 1.82) is 0 Å². The molecule has 0 saturated carbocycles. The number of hydrogen-bond acceptors (Lipinski definition) is 3. The van der Waals surface area contributed by atoms with Gasteiger partial charge in [0, 0.05) is 12.6 Å². The molecule has 0 bridgehead atoms. The van der Waals surface area contributed by atoms with Gasteiger partial charge in [-0.25, -0.2) is 0 Å². The standard InChI is InChI=1S/C10H22N2O2/c1-5-10(4,11)9(14)12(6-7-13)8(2)3/h8,13H,5-7,11H2,1-4H3. The second-order valence-corrected chi connectivity index (χ2v) is 4.09. The molecule has 0 rings (SSSR count). The molecule has 1 unspecified atom stereocenters. The fraction of sp³-hybridized carbons (Fsp3) is 0.900. The van der Waals surface area contributed by atoms with Gasteiger partial charge >= 0.3 is 0 Å². The molecule has 0 aromatic carbocycles. The molecule has 0 aromatic rings. The zero-order valence-electron chi connectivity index (χ0n) is 9.58. The summed E-state index contributed by atoms with van der Waals surface area (Å²) in [4.78, 5) is 13.5. The summed E-state index contributed by atoms with van der Waals surface area (Å²) in [5, 5.41) is 8.84. The van der Waals surface area contributed by atoms with Crippen LogP contribution in [0.25, 0.3) is 0 Å². The van der Waals surface area contributed by atoms with E-state index in [1.165, 1.54) is 0 Å². The van der Waals surface area contributed by atoms with Crippen LogP contribution in [0, 0.1) is 0 Å². The monoisotopic (exact) mass is 202 g/mol. The number of carbonyl (C=O) groups excluding carboxylic acids is 1. The second kappa shape index (κ2) is 5.32. The Morgan fingerprint density at radius 1 is 1.57 bits per heavy atom. The number of rotatable bonds is 5. The van der Waals surface area contributed by atoms with Crippen LogP contribution in [0.2, 0.25) is 0 Å². The second-order valence-electron chi connectivity index (χ2n) is 4.09. The Hall–Kier alpha value is -0.610. The first kappa shape index (κ1) is 13.4. The highest BCUT2D eigenvalue weighted by molar-refractivity contribution is 5.85. The Labute approximate surface area is 86.1 Å². The lowest BCUT2D eigenvalue weighted by atomic mass is 9.98. The molecule has 84 valence electrons. The average molecular weight is 202 g/mol. The van der Waals surface area contributed by atoms with E-state index in [2.05, 4.69) is 0 Å². The maximum atomic E-state index is 11.9. The van der Waals surface area contributed by atoms with Crippen LogP contribution in [0.3, 0.4) is 0 Å². The van der Waals surface area contributed by atoms with E-state index in [0.29, 0.717) is 13.0 Å². The van der Waals surface area contributed by atoms with Crippen LogP contribution in [-0.2, 0) is 4.79 Å². The third kappa shape index (κ3) is 3.27. The Morgan fingerprint density at radius 3 is 2.36 bits per heavy atom. The summed E-state index contributed by atoms with van der Waals surface area (Å²) in [7, 11) is 0.